The normalized spacial score (nSPS) is 16.5. The van der Waals surface area contributed by atoms with Crippen LogP contribution < -0.4 is 0 Å². The molecule has 1 saturated heterocycles. The first-order chi connectivity index (χ1) is 11.1. The van der Waals surface area contributed by atoms with E-state index in [9.17, 15) is 9.59 Å². The molecule has 1 N–H and O–H groups in total. The molecule has 23 heavy (non-hydrogen) atoms. The van der Waals surface area contributed by atoms with Crippen LogP contribution in [0.5, 0.6) is 0 Å². The number of carbonyl (C=O) groups is 2. The van der Waals surface area contributed by atoms with Crippen molar-refractivity contribution in [2.75, 3.05) is 6.54 Å². The van der Waals surface area contributed by atoms with Gasteiger partial charge >= 0.3 is 5.97 Å². The summed E-state index contributed by atoms with van der Waals surface area (Å²) in [4.78, 5) is 33.4. The molecule has 0 saturated carbocycles. The predicted octanol–water partition coefficient (Wildman–Crippen LogP) is 2.31. The molecular weight excluding hydrogens is 334 g/mol. The second kappa shape index (κ2) is 6.43. The van der Waals surface area contributed by atoms with Crippen LogP contribution in [-0.2, 0) is 9.59 Å². The van der Waals surface area contributed by atoms with Gasteiger partial charge in [-0.05, 0) is 12.1 Å². The van der Waals surface area contributed by atoms with E-state index in [-0.39, 0.29) is 18.9 Å². The number of hydrogen-bond donors (Lipinski definition) is 1. The van der Waals surface area contributed by atoms with Crippen molar-refractivity contribution >= 4 is 57.3 Å². The monoisotopic (exact) mass is 345 g/mol. The Kier molecular flexibility index (Phi) is 4.35. The molecule has 0 radical (unpaired) electrons. The van der Waals surface area contributed by atoms with E-state index in [0.717, 1.165) is 22.8 Å². The molecular formula is C15H11N3O3S2. The molecule has 0 spiro atoms. The fraction of sp³-hybridized carbons (Fsp3) is 0.133. The van der Waals surface area contributed by atoms with Gasteiger partial charge in [0.1, 0.15) is 4.32 Å². The van der Waals surface area contributed by atoms with Crippen LogP contribution in [0.3, 0.4) is 0 Å². The number of thiocarbonyl (C=S) groups is 1. The zero-order valence-corrected chi connectivity index (χ0v) is 13.4. The molecule has 0 atom stereocenters. The van der Waals surface area contributed by atoms with Crippen molar-refractivity contribution in [2.45, 2.75) is 6.42 Å². The van der Waals surface area contributed by atoms with Crippen LogP contribution in [0.15, 0.2) is 35.5 Å². The van der Waals surface area contributed by atoms with Gasteiger partial charge in [-0.25, -0.2) is 0 Å². The first-order valence-corrected chi connectivity index (χ1v) is 7.95. The minimum atomic E-state index is -0.965. The van der Waals surface area contributed by atoms with E-state index in [1.54, 1.807) is 18.5 Å². The average molecular weight is 345 g/mol. The zero-order valence-electron chi connectivity index (χ0n) is 11.8. The highest BCUT2D eigenvalue weighted by Gasteiger charge is 2.32. The summed E-state index contributed by atoms with van der Waals surface area (Å²) in [6.07, 6.45) is 4.78. The van der Waals surface area contributed by atoms with Crippen molar-refractivity contribution in [3.8, 4) is 0 Å². The van der Waals surface area contributed by atoms with Gasteiger partial charge in [-0.1, -0.05) is 36.1 Å². The quantitative estimate of drug-likeness (QED) is 0.672. The van der Waals surface area contributed by atoms with Gasteiger partial charge in [0.15, 0.2) is 0 Å². The molecule has 2 aromatic rings. The number of aromatic nitrogens is 2. The number of hydrogen-bond acceptors (Lipinski definition) is 6. The van der Waals surface area contributed by atoms with Crippen LogP contribution in [-0.4, -0.2) is 42.7 Å². The van der Waals surface area contributed by atoms with E-state index in [4.69, 9.17) is 17.3 Å². The summed E-state index contributed by atoms with van der Waals surface area (Å²) in [7, 11) is 0. The maximum absolute atomic E-state index is 12.4. The molecule has 0 unspecified atom stereocenters. The fourth-order valence-corrected chi connectivity index (χ4v) is 3.47. The maximum atomic E-state index is 12.4. The van der Waals surface area contributed by atoms with E-state index in [2.05, 4.69) is 9.97 Å². The molecule has 1 fully saturated rings. The number of rotatable bonds is 4. The molecule has 3 rings (SSSR count). The Labute approximate surface area is 141 Å². The number of thioether (sulfide) groups is 1. The van der Waals surface area contributed by atoms with Crippen LogP contribution in [0, 0.1) is 0 Å². The highest BCUT2D eigenvalue weighted by Crippen LogP contribution is 2.33. The summed E-state index contributed by atoms with van der Waals surface area (Å²) in [6, 6.07) is 5.53. The number of carboxylic acid groups (broad SMARTS) is 1. The van der Waals surface area contributed by atoms with E-state index in [1.807, 2.05) is 18.2 Å². The molecule has 0 bridgehead atoms. The van der Waals surface area contributed by atoms with E-state index in [0.29, 0.717) is 14.7 Å². The highest BCUT2D eigenvalue weighted by molar-refractivity contribution is 8.26. The Morgan fingerprint density at radius 1 is 1.35 bits per heavy atom. The van der Waals surface area contributed by atoms with Crippen LogP contribution in [0.25, 0.3) is 17.1 Å². The van der Waals surface area contributed by atoms with Crippen LogP contribution in [0.4, 0.5) is 0 Å². The van der Waals surface area contributed by atoms with Crippen molar-refractivity contribution < 1.29 is 14.7 Å². The van der Waals surface area contributed by atoms with Gasteiger partial charge < -0.3 is 5.11 Å². The number of benzene rings is 1. The molecule has 1 aromatic carbocycles. The summed E-state index contributed by atoms with van der Waals surface area (Å²) in [5.41, 5.74) is 2.21. The summed E-state index contributed by atoms with van der Waals surface area (Å²) < 4.78 is 0.369. The molecule has 2 heterocycles. The molecule has 8 heteroatoms. The van der Waals surface area contributed by atoms with Gasteiger partial charge in [0, 0.05) is 24.5 Å². The van der Waals surface area contributed by atoms with Crippen molar-refractivity contribution in [1.82, 2.24) is 14.9 Å². The molecule has 116 valence electrons. The van der Waals surface area contributed by atoms with Gasteiger partial charge in [-0.15, -0.1) is 0 Å². The number of carbonyl (C=O) groups excluding carboxylic acids is 1. The summed E-state index contributed by atoms with van der Waals surface area (Å²) in [5.74, 6) is -1.24. The number of nitrogens with zero attached hydrogens (tertiary/aromatic N) is 3. The van der Waals surface area contributed by atoms with E-state index < -0.39 is 5.97 Å². The Morgan fingerprint density at radius 2 is 2.13 bits per heavy atom. The predicted molar refractivity (Wildman–Crippen MR) is 91.7 cm³/mol. The van der Waals surface area contributed by atoms with Crippen LogP contribution >= 0.6 is 24.0 Å². The lowest BCUT2D eigenvalue weighted by Crippen LogP contribution is -2.30. The third-order valence-electron chi connectivity index (χ3n) is 3.24. The summed E-state index contributed by atoms with van der Waals surface area (Å²) >= 11 is 6.33. The van der Waals surface area contributed by atoms with E-state index >= 15 is 0 Å². The van der Waals surface area contributed by atoms with E-state index in [1.165, 1.54) is 4.90 Å². The molecule has 1 aliphatic heterocycles. The molecule has 0 aliphatic carbocycles. The lowest BCUT2D eigenvalue weighted by atomic mass is 10.1. The number of aliphatic carboxylic acids is 1. The third-order valence-corrected chi connectivity index (χ3v) is 4.62. The summed E-state index contributed by atoms with van der Waals surface area (Å²) in [5, 5.41) is 8.75. The minimum absolute atomic E-state index is 0.0761. The summed E-state index contributed by atoms with van der Waals surface area (Å²) in [6.45, 7) is 0.0761. The van der Waals surface area contributed by atoms with Gasteiger partial charge in [-0.3, -0.25) is 24.5 Å². The van der Waals surface area contributed by atoms with Crippen molar-refractivity contribution in [1.29, 1.82) is 0 Å². The van der Waals surface area contributed by atoms with Gasteiger partial charge in [0.2, 0.25) is 0 Å². The largest absolute Gasteiger partial charge is 0.481 e. The minimum Gasteiger partial charge on any atom is -0.481 e. The smallest absolute Gasteiger partial charge is 0.305 e. The van der Waals surface area contributed by atoms with Crippen molar-refractivity contribution in [3.05, 3.63) is 41.1 Å². The topological polar surface area (TPSA) is 83.4 Å². The lowest BCUT2D eigenvalue weighted by Gasteiger charge is -2.12. The standard InChI is InChI=1S/C15H11N3O3S2/c19-12(20)4-7-18-14(21)11(23-15(18)22)8-9-2-1-3-10-13(9)17-6-5-16-10/h1-3,5-6,8H,4,7H2,(H,19,20). The molecule has 1 aromatic heterocycles. The van der Waals surface area contributed by atoms with Gasteiger partial charge in [0.25, 0.3) is 5.91 Å². The SMILES string of the molecule is O=C(O)CCN1C(=O)C(=Cc2cccc3nccnc23)SC1=S. The Balaban J connectivity index is 1.92. The van der Waals surface area contributed by atoms with Gasteiger partial charge in [0.05, 0.1) is 22.4 Å². The zero-order chi connectivity index (χ0) is 16.4. The second-order valence-electron chi connectivity index (χ2n) is 4.75. The number of fused-ring (bicyclic) bond motifs is 1. The van der Waals surface area contributed by atoms with Gasteiger partial charge in [-0.2, -0.15) is 0 Å². The molecule has 1 aliphatic rings. The fourth-order valence-electron chi connectivity index (χ4n) is 2.17. The maximum Gasteiger partial charge on any atom is 0.305 e. The first kappa shape index (κ1) is 15.6. The number of amides is 1. The highest BCUT2D eigenvalue weighted by atomic mass is 32.2. The Bertz CT molecular complexity index is 845. The number of para-hydroxylation sites is 1. The molecule has 6 nitrogen and oxygen atoms in total. The van der Waals surface area contributed by atoms with Crippen molar-refractivity contribution in [2.24, 2.45) is 0 Å². The third kappa shape index (κ3) is 3.22. The Hall–Kier alpha value is -2.32. The molecule has 1 amide bonds. The second-order valence-corrected chi connectivity index (χ2v) is 6.42. The van der Waals surface area contributed by atoms with Crippen LogP contribution in [0.2, 0.25) is 0 Å². The first-order valence-electron chi connectivity index (χ1n) is 6.73. The van der Waals surface area contributed by atoms with Crippen molar-refractivity contribution in [3.63, 3.8) is 0 Å². The Morgan fingerprint density at radius 3 is 2.91 bits per heavy atom. The number of carboxylic acids is 1. The lowest BCUT2D eigenvalue weighted by molar-refractivity contribution is -0.137. The average Bonchev–Trinajstić information content (AvgIpc) is 2.79. The van der Waals surface area contributed by atoms with Crippen LogP contribution in [0.1, 0.15) is 12.0 Å².